The molecule has 2 aromatic rings. The van der Waals surface area contributed by atoms with E-state index in [0.29, 0.717) is 5.56 Å². The van der Waals surface area contributed by atoms with Gasteiger partial charge in [-0.05, 0) is 12.5 Å². The molecule has 0 bridgehead atoms. The van der Waals surface area contributed by atoms with Crippen LogP contribution in [0, 0.1) is 6.92 Å². The number of rotatable bonds is 2. The van der Waals surface area contributed by atoms with Crippen molar-refractivity contribution >= 4 is 5.97 Å². The van der Waals surface area contributed by atoms with Crippen LogP contribution in [0.25, 0.3) is 0 Å². The molecule has 2 atom stereocenters. The summed E-state index contributed by atoms with van der Waals surface area (Å²) in [4.78, 5) is 11.8. The number of carbonyl (C=O) groups is 1. The van der Waals surface area contributed by atoms with Crippen LogP contribution < -0.4 is 0 Å². The molecule has 23 heavy (non-hydrogen) atoms. The van der Waals surface area contributed by atoms with Gasteiger partial charge in [0.2, 0.25) is 5.60 Å². The Morgan fingerprint density at radius 1 is 1.04 bits per heavy atom. The van der Waals surface area contributed by atoms with Crippen molar-refractivity contribution < 1.29 is 22.7 Å². The highest BCUT2D eigenvalue weighted by molar-refractivity contribution is 5.75. The van der Waals surface area contributed by atoms with E-state index < -0.39 is 23.7 Å². The maximum Gasteiger partial charge on any atom is 0.433 e. The van der Waals surface area contributed by atoms with Gasteiger partial charge in [0.25, 0.3) is 0 Å². The monoisotopic (exact) mass is 320 g/mol. The Kier molecular flexibility index (Phi) is 3.66. The van der Waals surface area contributed by atoms with Gasteiger partial charge in [-0.1, -0.05) is 60.2 Å². The average molecular weight is 320 g/mol. The summed E-state index contributed by atoms with van der Waals surface area (Å²) < 4.78 is 47.0. The summed E-state index contributed by atoms with van der Waals surface area (Å²) in [5.74, 6) is -1.94. The predicted octanol–water partition coefficient (Wildman–Crippen LogP) is 4.48. The molecule has 1 aliphatic rings. The number of alkyl halides is 3. The van der Waals surface area contributed by atoms with Gasteiger partial charge in [-0.25, -0.2) is 0 Å². The largest absolute Gasteiger partial charge is 0.444 e. The number of hydrogen-bond donors (Lipinski definition) is 0. The summed E-state index contributed by atoms with van der Waals surface area (Å²) in [6.07, 6.45) is -5.01. The molecular weight excluding hydrogens is 305 g/mol. The average Bonchev–Trinajstić information content (AvgIpc) is 2.87. The molecule has 0 aromatic heterocycles. The van der Waals surface area contributed by atoms with Crippen LogP contribution >= 0.6 is 0 Å². The first-order valence-electron chi connectivity index (χ1n) is 7.25. The number of carbonyl (C=O) groups excluding carboxylic acids is 1. The third kappa shape index (κ3) is 2.50. The molecule has 120 valence electrons. The molecule has 1 fully saturated rings. The Bertz CT molecular complexity index is 707. The van der Waals surface area contributed by atoms with Crippen molar-refractivity contribution in [3.63, 3.8) is 0 Å². The van der Waals surface area contributed by atoms with Crippen LogP contribution in [-0.2, 0) is 15.1 Å². The molecule has 2 unspecified atom stereocenters. The van der Waals surface area contributed by atoms with E-state index in [1.807, 2.05) is 6.92 Å². The fraction of sp³-hybridized carbons (Fsp3) is 0.278. The number of hydrogen-bond acceptors (Lipinski definition) is 2. The number of aryl methyl sites for hydroxylation is 1. The third-order valence-corrected chi connectivity index (χ3v) is 4.24. The van der Waals surface area contributed by atoms with Crippen molar-refractivity contribution in [2.75, 3.05) is 0 Å². The van der Waals surface area contributed by atoms with E-state index in [2.05, 4.69) is 0 Å². The lowest BCUT2D eigenvalue weighted by Crippen LogP contribution is -2.46. The molecule has 0 amide bonds. The highest BCUT2D eigenvalue weighted by Crippen LogP contribution is 2.56. The van der Waals surface area contributed by atoms with Crippen LogP contribution in [0.15, 0.2) is 54.6 Å². The summed E-state index contributed by atoms with van der Waals surface area (Å²) in [6.45, 7) is 1.86. The molecular formula is C18H15F3O2. The van der Waals surface area contributed by atoms with Gasteiger partial charge in [0.15, 0.2) is 0 Å². The first-order chi connectivity index (χ1) is 10.8. The maximum atomic E-state index is 14.0. The lowest BCUT2D eigenvalue weighted by molar-refractivity contribution is -0.269. The van der Waals surface area contributed by atoms with Crippen LogP contribution in [0.4, 0.5) is 13.2 Å². The molecule has 0 radical (unpaired) electrons. The second-order valence-electron chi connectivity index (χ2n) is 5.74. The first kappa shape index (κ1) is 15.6. The predicted molar refractivity (Wildman–Crippen MR) is 78.8 cm³/mol. The highest BCUT2D eigenvalue weighted by Gasteiger charge is 2.67. The van der Waals surface area contributed by atoms with E-state index in [1.54, 1.807) is 30.3 Å². The molecule has 3 rings (SSSR count). The zero-order valence-electron chi connectivity index (χ0n) is 12.4. The molecule has 0 aliphatic carbocycles. The van der Waals surface area contributed by atoms with Gasteiger partial charge in [0.1, 0.15) is 0 Å². The zero-order chi connectivity index (χ0) is 16.7. The SMILES string of the molecule is Cc1ccc(C2CC(=O)OC2(c2ccccc2)C(F)(F)F)cc1. The molecule has 2 aromatic carbocycles. The lowest BCUT2D eigenvalue weighted by Gasteiger charge is -2.35. The lowest BCUT2D eigenvalue weighted by atomic mass is 9.76. The van der Waals surface area contributed by atoms with Gasteiger partial charge in [0.05, 0.1) is 6.42 Å². The van der Waals surface area contributed by atoms with Gasteiger partial charge in [0, 0.05) is 11.5 Å². The van der Waals surface area contributed by atoms with Crippen molar-refractivity contribution in [1.29, 1.82) is 0 Å². The van der Waals surface area contributed by atoms with Crippen LogP contribution in [0.3, 0.4) is 0 Å². The molecule has 1 aliphatic heterocycles. The normalized spacial score (nSPS) is 24.5. The van der Waals surface area contributed by atoms with Crippen LogP contribution in [0.1, 0.15) is 29.0 Å². The summed E-state index contributed by atoms with van der Waals surface area (Å²) in [6, 6.07) is 14.1. The second-order valence-corrected chi connectivity index (χ2v) is 5.74. The fourth-order valence-corrected chi connectivity index (χ4v) is 3.12. The van der Waals surface area contributed by atoms with Gasteiger partial charge in [-0.2, -0.15) is 13.2 Å². The quantitative estimate of drug-likeness (QED) is 0.763. The minimum atomic E-state index is -4.71. The van der Waals surface area contributed by atoms with Gasteiger partial charge >= 0.3 is 12.1 Å². The second kappa shape index (κ2) is 5.41. The van der Waals surface area contributed by atoms with E-state index in [0.717, 1.165) is 5.56 Å². The van der Waals surface area contributed by atoms with E-state index >= 15 is 0 Å². The minimum absolute atomic E-state index is 0.0519. The Hall–Kier alpha value is -2.30. The van der Waals surface area contributed by atoms with E-state index in [4.69, 9.17) is 4.74 Å². The number of halogens is 3. The van der Waals surface area contributed by atoms with Crippen molar-refractivity contribution in [2.24, 2.45) is 0 Å². The van der Waals surface area contributed by atoms with E-state index in [1.165, 1.54) is 24.3 Å². The molecule has 0 N–H and O–H groups in total. The summed E-state index contributed by atoms with van der Waals surface area (Å²) >= 11 is 0. The fourth-order valence-electron chi connectivity index (χ4n) is 3.12. The van der Waals surface area contributed by atoms with Crippen molar-refractivity contribution in [3.05, 3.63) is 71.3 Å². The molecule has 5 heteroatoms. The number of ether oxygens (including phenoxy) is 1. The van der Waals surface area contributed by atoms with E-state index in [-0.39, 0.29) is 12.0 Å². The summed E-state index contributed by atoms with van der Waals surface area (Å²) in [7, 11) is 0. The molecule has 2 nitrogen and oxygen atoms in total. The Morgan fingerprint density at radius 2 is 1.65 bits per heavy atom. The number of benzene rings is 2. The highest BCUT2D eigenvalue weighted by atomic mass is 19.4. The summed E-state index contributed by atoms with van der Waals surface area (Å²) in [5.41, 5.74) is -1.30. The molecule has 1 saturated heterocycles. The van der Waals surface area contributed by atoms with Gasteiger partial charge in [-0.15, -0.1) is 0 Å². The van der Waals surface area contributed by atoms with Crippen LogP contribution in [-0.4, -0.2) is 12.1 Å². The van der Waals surface area contributed by atoms with Gasteiger partial charge in [-0.3, -0.25) is 4.79 Å². The van der Waals surface area contributed by atoms with E-state index in [9.17, 15) is 18.0 Å². The molecule has 0 saturated carbocycles. The van der Waals surface area contributed by atoms with Crippen molar-refractivity contribution in [3.8, 4) is 0 Å². The Morgan fingerprint density at radius 3 is 2.22 bits per heavy atom. The smallest absolute Gasteiger partial charge is 0.433 e. The molecule has 0 spiro atoms. The maximum absolute atomic E-state index is 14.0. The number of esters is 1. The standard InChI is InChI=1S/C18H15F3O2/c1-12-7-9-13(10-8-12)15-11-16(22)23-17(15,18(19,20)21)14-5-3-2-4-6-14/h2-10,15H,11H2,1H3. The minimum Gasteiger partial charge on any atom is -0.444 e. The van der Waals surface area contributed by atoms with Crippen molar-refractivity contribution in [2.45, 2.75) is 31.0 Å². The Balaban J connectivity index is 2.20. The first-order valence-corrected chi connectivity index (χ1v) is 7.25. The van der Waals surface area contributed by atoms with Crippen molar-refractivity contribution in [1.82, 2.24) is 0 Å². The molecule has 1 heterocycles. The van der Waals surface area contributed by atoms with Crippen LogP contribution in [0.5, 0.6) is 0 Å². The third-order valence-electron chi connectivity index (χ3n) is 4.24. The van der Waals surface area contributed by atoms with Crippen LogP contribution in [0.2, 0.25) is 0 Å². The Labute approximate surface area is 131 Å². The topological polar surface area (TPSA) is 26.3 Å². The zero-order valence-corrected chi connectivity index (χ0v) is 12.4. The number of cyclic esters (lactones) is 1. The van der Waals surface area contributed by atoms with Gasteiger partial charge < -0.3 is 4.74 Å². The summed E-state index contributed by atoms with van der Waals surface area (Å²) in [5, 5.41) is 0.